The van der Waals surface area contributed by atoms with Gasteiger partial charge in [0.15, 0.2) is 0 Å². The predicted octanol–water partition coefficient (Wildman–Crippen LogP) is 1.66. The Hall–Kier alpha value is -1.37. The van der Waals surface area contributed by atoms with E-state index in [2.05, 4.69) is 0 Å². The van der Waals surface area contributed by atoms with Gasteiger partial charge in [-0.3, -0.25) is 14.4 Å². The maximum atomic E-state index is 11.7. The van der Waals surface area contributed by atoms with Crippen LogP contribution in [0.25, 0.3) is 0 Å². The normalized spacial score (nSPS) is 40.3. The highest BCUT2D eigenvalue weighted by atomic mass is 32.2. The van der Waals surface area contributed by atoms with Crippen LogP contribution in [-0.4, -0.2) is 39.8 Å². The molecule has 0 bridgehead atoms. The van der Waals surface area contributed by atoms with Crippen LogP contribution >= 0.6 is 11.8 Å². The molecule has 6 nitrogen and oxygen atoms in total. The van der Waals surface area contributed by atoms with Crippen LogP contribution in [0, 0.1) is 23.7 Å². The molecule has 6 atom stereocenters. The van der Waals surface area contributed by atoms with E-state index in [0.717, 1.165) is 19.1 Å². The van der Waals surface area contributed by atoms with E-state index in [0.29, 0.717) is 25.7 Å². The highest BCUT2D eigenvalue weighted by molar-refractivity contribution is 8.00. The van der Waals surface area contributed by atoms with E-state index in [1.54, 1.807) is 11.8 Å². The van der Waals surface area contributed by atoms with Crippen LogP contribution in [0.1, 0.15) is 38.5 Å². The smallest absolute Gasteiger partial charge is 0.317 e. The largest absolute Gasteiger partial charge is 0.481 e. The minimum Gasteiger partial charge on any atom is -0.481 e. The molecule has 1 heterocycles. The Balaban J connectivity index is 1.58. The van der Waals surface area contributed by atoms with Gasteiger partial charge in [-0.15, -0.1) is 0 Å². The number of thioether (sulfide) groups is 1. The van der Waals surface area contributed by atoms with E-state index in [9.17, 15) is 24.3 Å². The molecule has 6 unspecified atom stereocenters. The van der Waals surface area contributed by atoms with Gasteiger partial charge in [0.2, 0.25) is 0 Å². The molecule has 3 rings (SSSR count). The van der Waals surface area contributed by atoms with E-state index in [1.807, 2.05) is 0 Å². The number of hydrogen-bond donors (Lipinski definition) is 1. The average molecular weight is 340 g/mol. The second kappa shape index (κ2) is 6.63. The fourth-order valence-corrected chi connectivity index (χ4v) is 5.77. The lowest BCUT2D eigenvalue weighted by molar-refractivity contribution is -0.153. The fourth-order valence-electron chi connectivity index (χ4n) is 4.05. The lowest BCUT2D eigenvalue weighted by Crippen LogP contribution is -2.35. The number of carboxylic acids is 1. The molecule has 0 aromatic carbocycles. The van der Waals surface area contributed by atoms with E-state index < -0.39 is 17.9 Å². The van der Waals surface area contributed by atoms with Crippen LogP contribution < -0.4 is 0 Å². The van der Waals surface area contributed by atoms with E-state index >= 15 is 0 Å². The summed E-state index contributed by atoms with van der Waals surface area (Å²) in [4.78, 5) is 45.6. The Labute approximate surface area is 138 Å². The van der Waals surface area contributed by atoms with Gasteiger partial charge in [0.25, 0.3) is 0 Å². The van der Waals surface area contributed by atoms with Crippen molar-refractivity contribution in [2.24, 2.45) is 23.7 Å². The maximum absolute atomic E-state index is 11.7. The zero-order valence-electron chi connectivity index (χ0n) is 12.7. The van der Waals surface area contributed by atoms with Crippen molar-refractivity contribution in [1.29, 1.82) is 0 Å². The summed E-state index contributed by atoms with van der Waals surface area (Å²) in [5, 5.41) is 9.73. The molecular formula is C16H20O6S. The second-order valence-electron chi connectivity index (χ2n) is 6.70. The summed E-state index contributed by atoms with van der Waals surface area (Å²) in [6.45, 7) is 0. The molecule has 1 N–H and O–H groups in total. The molecule has 0 radical (unpaired) electrons. The van der Waals surface area contributed by atoms with Crippen molar-refractivity contribution in [3.05, 3.63) is 0 Å². The number of carbonyl (C=O) groups is 4. The van der Waals surface area contributed by atoms with Gasteiger partial charge in [-0.2, -0.15) is 11.8 Å². The van der Waals surface area contributed by atoms with E-state index in [1.165, 1.54) is 0 Å². The van der Waals surface area contributed by atoms with Crippen LogP contribution in [0.4, 0.5) is 0 Å². The summed E-state index contributed by atoms with van der Waals surface area (Å²) in [7, 11) is 0. The molecule has 1 aliphatic heterocycles. The molecule has 1 saturated heterocycles. The third-order valence-corrected chi connectivity index (χ3v) is 6.97. The fraction of sp³-hybridized carbons (Fsp3) is 0.750. The Morgan fingerprint density at radius 2 is 1.70 bits per heavy atom. The SMILES string of the molecule is O=CC1CCC(SC2CCC3C(=O)OC(=O)C3C2)CC1C(=O)O. The van der Waals surface area contributed by atoms with Gasteiger partial charge >= 0.3 is 17.9 Å². The lowest BCUT2D eigenvalue weighted by atomic mass is 9.80. The highest BCUT2D eigenvalue weighted by Gasteiger charge is 2.48. The standard InChI is InChI=1S/C16H20O6S/c17-7-8-1-2-9(5-12(8)14(18)19)23-10-3-4-11-13(6-10)16(21)22-15(11)20/h7-13H,1-6H2,(H,18,19). The first-order valence-electron chi connectivity index (χ1n) is 8.08. The van der Waals surface area contributed by atoms with Crippen LogP contribution in [-0.2, 0) is 23.9 Å². The summed E-state index contributed by atoms with van der Waals surface area (Å²) < 4.78 is 4.72. The third-order valence-electron chi connectivity index (χ3n) is 5.34. The van der Waals surface area contributed by atoms with Crippen LogP contribution in [0.15, 0.2) is 0 Å². The van der Waals surface area contributed by atoms with Crippen molar-refractivity contribution >= 4 is 36.0 Å². The second-order valence-corrected chi connectivity index (χ2v) is 8.31. The number of ether oxygens (including phenoxy) is 1. The number of carbonyl (C=O) groups excluding carboxylic acids is 3. The van der Waals surface area contributed by atoms with Crippen LogP contribution in [0.2, 0.25) is 0 Å². The number of carboxylic acid groups (broad SMARTS) is 1. The third kappa shape index (κ3) is 3.29. The molecule has 0 spiro atoms. The zero-order valence-corrected chi connectivity index (χ0v) is 13.5. The Bertz CT molecular complexity index is 529. The summed E-state index contributed by atoms with van der Waals surface area (Å²) in [6.07, 6.45) is 4.84. The summed E-state index contributed by atoms with van der Waals surface area (Å²) in [5.41, 5.74) is 0. The van der Waals surface area contributed by atoms with Crippen molar-refractivity contribution in [3.63, 3.8) is 0 Å². The van der Waals surface area contributed by atoms with Gasteiger partial charge in [0.05, 0.1) is 17.8 Å². The van der Waals surface area contributed by atoms with Crippen molar-refractivity contribution in [1.82, 2.24) is 0 Å². The first-order chi connectivity index (χ1) is 11.0. The van der Waals surface area contributed by atoms with E-state index in [4.69, 9.17) is 4.74 Å². The predicted molar refractivity (Wildman–Crippen MR) is 81.6 cm³/mol. The highest BCUT2D eigenvalue weighted by Crippen LogP contribution is 2.45. The Morgan fingerprint density at radius 3 is 2.39 bits per heavy atom. The molecule has 0 amide bonds. The number of cyclic esters (lactones) is 2. The minimum atomic E-state index is -0.902. The van der Waals surface area contributed by atoms with Gasteiger partial charge in [0.1, 0.15) is 6.29 Å². The van der Waals surface area contributed by atoms with Gasteiger partial charge in [-0.25, -0.2) is 0 Å². The quantitative estimate of drug-likeness (QED) is 0.472. The molecule has 7 heteroatoms. The maximum Gasteiger partial charge on any atom is 0.317 e. The van der Waals surface area contributed by atoms with Crippen molar-refractivity contribution in [2.45, 2.75) is 49.0 Å². The molecule has 3 fully saturated rings. The van der Waals surface area contributed by atoms with E-state index in [-0.39, 0.29) is 34.2 Å². The summed E-state index contributed by atoms with van der Waals surface area (Å²) >= 11 is 1.73. The molecule has 0 aromatic rings. The van der Waals surface area contributed by atoms with Gasteiger partial charge in [-0.1, -0.05) is 0 Å². The number of aliphatic carboxylic acids is 1. The van der Waals surface area contributed by atoms with Crippen molar-refractivity contribution in [3.8, 4) is 0 Å². The number of hydrogen-bond acceptors (Lipinski definition) is 6. The van der Waals surface area contributed by atoms with Crippen molar-refractivity contribution in [2.75, 3.05) is 0 Å². The first kappa shape index (κ1) is 16.5. The minimum absolute atomic E-state index is 0.196. The van der Waals surface area contributed by atoms with Crippen LogP contribution in [0.3, 0.4) is 0 Å². The zero-order chi connectivity index (χ0) is 16.6. The first-order valence-corrected chi connectivity index (χ1v) is 9.03. The average Bonchev–Trinajstić information content (AvgIpc) is 2.81. The monoisotopic (exact) mass is 340 g/mol. The molecule has 23 heavy (non-hydrogen) atoms. The molecule has 2 saturated carbocycles. The summed E-state index contributed by atoms with van der Waals surface area (Å²) in [6, 6.07) is 0. The molecule has 0 aromatic heterocycles. The number of esters is 2. The number of fused-ring (bicyclic) bond motifs is 1. The van der Waals surface area contributed by atoms with Gasteiger partial charge < -0.3 is 14.6 Å². The molecule has 2 aliphatic carbocycles. The summed E-state index contributed by atoms with van der Waals surface area (Å²) in [5.74, 6) is -3.29. The Morgan fingerprint density at radius 1 is 1.04 bits per heavy atom. The number of rotatable bonds is 4. The lowest BCUT2D eigenvalue weighted by Gasteiger charge is -2.35. The molecule has 126 valence electrons. The topological polar surface area (TPSA) is 97.7 Å². The van der Waals surface area contributed by atoms with Crippen molar-refractivity contribution < 1.29 is 29.0 Å². The molecule has 3 aliphatic rings. The Kier molecular flexibility index (Phi) is 4.75. The van der Waals surface area contributed by atoms with Gasteiger partial charge in [-0.05, 0) is 38.5 Å². The number of aldehydes is 1. The van der Waals surface area contributed by atoms with Crippen LogP contribution in [0.5, 0.6) is 0 Å². The van der Waals surface area contributed by atoms with Gasteiger partial charge in [0, 0.05) is 16.4 Å². The molecular weight excluding hydrogens is 320 g/mol.